The monoisotopic (exact) mass is 1380 g/mol. The Kier molecular flexibility index (Phi) is 288. The summed E-state index contributed by atoms with van der Waals surface area (Å²) in [5, 5.41) is 0. The van der Waals surface area contributed by atoms with Crippen LogP contribution in [0.25, 0.3) is 0 Å². The van der Waals surface area contributed by atoms with Crippen LogP contribution in [0.15, 0.2) is 91.0 Å². The van der Waals surface area contributed by atoms with Gasteiger partial charge in [-0.2, -0.15) is 73.9 Å². The van der Waals surface area contributed by atoms with Gasteiger partial charge >= 0.3 is 0 Å². The van der Waals surface area contributed by atoms with Crippen molar-refractivity contribution in [3.63, 3.8) is 0 Å². The minimum atomic E-state index is 0. The van der Waals surface area contributed by atoms with Crippen molar-refractivity contribution < 1.29 is 214 Å². The molecule has 0 aliphatic carbocycles. The summed E-state index contributed by atoms with van der Waals surface area (Å²) in [6.45, 7) is 23.9. The van der Waals surface area contributed by atoms with Crippen LogP contribution in [0.4, 0.5) is 0 Å². The molecule has 6 radical (unpaired) electrons. The van der Waals surface area contributed by atoms with Crippen molar-refractivity contribution in [2.75, 3.05) is 0 Å². The molecule has 0 unspecified atom stereocenters. The molecule has 0 saturated heterocycles. The summed E-state index contributed by atoms with van der Waals surface area (Å²) in [6, 6.07) is 29.6. The van der Waals surface area contributed by atoms with E-state index < -0.39 is 0 Å². The summed E-state index contributed by atoms with van der Waals surface area (Å²) in [6.07, 6.45) is 3.75. The number of benzene rings is 3. The number of hydrogen-bond donors (Lipinski definition) is 0. The first kappa shape index (κ1) is 117. The van der Waals surface area contributed by atoms with E-state index in [-0.39, 0.29) is 280 Å². The first-order valence-electron chi connectivity index (χ1n) is 11.0. The maximum absolute atomic E-state index is 3.72. The van der Waals surface area contributed by atoms with E-state index in [4.69, 9.17) is 0 Å². The molecule has 0 bridgehead atoms. The van der Waals surface area contributed by atoms with Crippen LogP contribution in [0.2, 0.25) is 0 Å². The van der Waals surface area contributed by atoms with Crippen molar-refractivity contribution >= 4 is 0 Å². The van der Waals surface area contributed by atoms with Crippen LogP contribution >= 0.6 is 0 Å². The first-order valence-corrected chi connectivity index (χ1v) is 11.0. The van der Waals surface area contributed by atoms with E-state index in [0.717, 1.165) is 16.7 Å². The third kappa shape index (κ3) is 129. The molecule has 0 nitrogen and oxygen atoms in total. The second-order valence-electron chi connectivity index (χ2n) is 6.58. The predicted octanol–water partition coefficient (Wildman–Crippen LogP) is 14.1. The maximum atomic E-state index is 3.72. The molecule has 45 heavy (non-hydrogen) atoms. The van der Waals surface area contributed by atoms with E-state index in [1.165, 1.54) is 19.3 Å². The fourth-order valence-corrected chi connectivity index (χ4v) is 1.43. The number of hydrogen-bond acceptors (Lipinski definition) is 0. The molecule has 0 aromatic heterocycles. The molecule has 0 heterocycles. The van der Waals surface area contributed by atoms with Gasteiger partial charge in [-0.15, -0.1) is 36.4 Å². The largest absolute Gasteiger partial charge is 0.358 e. The van der Waals surface area contributed by atoms with Gasteiger partial charge in [0.15, 0.2) is 0 Å². The molecule has 0 aliphatic rings. The normalized spacial score (nSPS) is 5.20. The quantitative estimate of drug-likeness (QED) is 0.197. The van der Waals surface area contributed by atoms with E-state index in [9.17, 15) is 0 Å². The Labute approximate surface area is 460 Å². The summed E-state index contributed by atoms with van der Waals surface area (Å²) in [5.74, 6) is 0. The van der Waals surface area contributed by atoms with E-state index in [2.05, 4.69) is 62.3 Å². The van der Waals surface area contributed by atoms with Gasteiger partial charge in [-0.3, -0.25) is 0 Å². The van der Waals surface area contributed by atoms with E-state index in [1.807, 2.05) is 91.0 Å². The summed E-state index contributed by atoms with van der Waals surface area (Å²) in [5.41, 5.74) is 3.22. The Morgan fingerprint density at radius 2 is 0.400 bits per heavy atom. The topological polar surface area (TPSA) is 0 Å². The first-order chi connectivity index (χ1) is 14.4. The van der Waals surface area contributed by atoms with Gasteiger partial charge < -0.3 is 59.4 Å². The molecule has 0 amide bonds. The molecular formula is C39H73La6-11. The van der Waals surface area contributed by atoms with Crippen molar-refractivity contribution in [2.45, 2.75) is 68.2 Å². The zero-order valence-corrected chi connectivity index (χ0v) is 53.6. The summed E-state index contributed by atoms with van der Waals surface area (Å²) >= 11 is 0. The van der Waals surface area contributed by atoms with Gasteiger partial charge in [-0.05, 0) is 0 Å². The van der Waals surface area contributed by atoms with Crippen LogP contribution in [0.1, 0.15) is 84.9 Å². The van der Waals surface area contributed by atoms with Crippen LogP contribution in [-0.4, -0.2) is 0 Å². The average molecular weight is 1380 g/mol. The van der Waals surface area contributed by atoms with Gasteiger partial charge in [0, 0.05) is 214 Å². The zero-order valence-electron chi connectivity index (χ0n) is 31.9. The molecule has 3 rings (SSSR count). The summed E-state index contributed by atoms with van der Waals surface area (Å²) in [4.78, 5) is 0. The van der Waals surface area contributed by atoms with Crippen LogP contribution < -0.4 is 0 Å². The fourth-order valence-electron chi connectivity index (χ4n) is 1.43. The van der Waals surface area contributed by atoms with Crippen molar-refractivity contribution in [3.05, 3.63) is 188 Å². The maximum Gasteiger partial charge on any atom is 0 e. The van der Waals surface area contributed by atoms with E-state index in [1.54, 1.807) is 0 Å². The minimum Gasteiger partial charge on any atom is -0.358 e. The molecule has 6 heteroatoms. The van der Waals surface area contributed by atoms with Crippen LogP contribution in [0.5, 0.6) is 0 Å². The summed E-state index contributed by atoms with van der Waals surface area (Å²) < 4.78 is 0. The van der Waals surface area contributed by atoms with Crippen molar-refractivity contribution in [1.82, 2.24) is 0 Å². The molecule has 0 aliphatic heterocycles. The number of rotatable bonds is 0. The Balaban J connectivity index is -0.0000000117. The molecule has 0 saturated carbocycles. The third-order valence-electron chi connectivity index (χ3n) is 2.53. The van der Waals surface area contributed by atoms with Crippen LogP contribution in [-0.2, 0) is 0 Å². The smallest absolute Gasteiger partial charge is 0 e. The van der Waals surface area contributed by atoms with E-state index >= 15 is 0 Å². The summed E-state index contributed by atoms with van der Waals surface area (Å²) in [7, 11) is 0. The Hall–Kier alpha value is 4.44. The molecular weight excluding hydrogens is 1300 g/mol. The minimum absolute atomic E-state index is 0. The van der Waals surface area contributed by atoms with Crippen molar-refractivity contribution in [2.24, 2.45) is 0 Å². The molecule has 0 N–H and O–H groups in total. The molecule has 0 fully saturated rings. The zero-order chi connectivity index (χ0) is 23.5. The molecule has 0 spiro atoms. The SMILES string of the molecule is C.CCC.CCC.CCC.[CH2-]c1ccccc1.[CH2-]c1ccccc1.[CH2-]c1ccccc1.[CH3-].[CH3-].[CH3-].[CH3-].[CH3-].[CH3-].[CH3-].[CH3-].[La].[La].[La].[La].[La].[La]. The predicted molar refractivity (Wildman–Crippen MR) is 199 cm³/mol. The second-order valence-corrected chi connectivity index (χ2v) is 6.58. The van der Waals surface area contributed by atoms with Crippen molar-refractivity contribution in [1.29, 1.82) is 0 Å². The Bertz CT molecular complexity index is 544. The fraction of sp³-hybridized carbons (Fsp3) is 0.256. The van der Waals surface area contributed by atoms with Crippen molar-refractivity contribution in [3.8, 4) is 0 Å². The van der Waals surface area contributed by atoms with Gasteiger partial charge in [0.2, 0.25) is 0 Å². The van der Waals surface area contributed by atoms with Crippen LogP contribution in [0, 0.1) is 294 Å². The Morgan fingerprint density at radius 1 is 0.311 bits per heavy atom. The van der Waals surface area contributed by atoms with Gasteiger partial charge in [0.25, 0.3) is 0 Å². The van der Waals surface area contributed by atoms with Gasteiger partial charge in [0.1, 0.15) is 0 Å². The Morgan fingerprint density at radius 3 is 0.444 bits per heavy atom. The third-order valence-corrected chi connectivity index (χ3v) is 2.53. The molecule has 3 aromatic carbocycles. The van der Waals surface area contributed by atoms with Gasteiger partial charge in [0.05, 0.1) is 0 Å². The molecule has 0 atom stereocenters. The second kappa shape index (κ2) is 110. The average Bonchev–Trinajstić information content (AvgIpc) is 2.73. The molecule has 258 valence electrons. The van der Waals surface area contributed by atoms with Gasteiger partial charge in [-0.25, -0.2) is 0 Å². The van der Waals surface area contributed by atoms with E-state index in [0.29, 0.717) is 0 Å². The van der Waals surface area contributed by atoms with Crippen LogP contribution in [0.3, 0.4) is 0 Å². The van der Waals surface area contributed by atoms with Gasteiger partial charge in [-0.1, -0.05) is 86.4 Å². The molecule has 3 aromatic rings. The standard InChI is InChI=1S/3C7H7.3C3H8.CH4.8CH3.6La/c3*1-7-5-3-2-4-6-7;3*1-3-2;;;;;;;;;;;;;;;/h3*2-6H,1H2;3*3H2,1-2H3;1H4;8*1H3;;;;;;/q3*-1;;;;;8*-1;;;;;;.